The molecule has 1 aliphatic carbocycles. The molecule has 1 aromatic rings. The highest BCUT2D eigenvalue weighted by molar-refractivity contribution is 5.22. The summed E-state index contributed by atoms with van der Waals surface area (Å²) in [4.78, 5) is 0. The maximum absolute atomic E-state index is 8.87. The minimum atomic E-state index is 0.00134. The lowest BCUT2D eigenvalue weighted by Gasteiger charge is -2.10. The lowest BCUT2D eigenvalue weighted by molar-refractivity contribution is 0.518. The second kappa shape index (κ2) is 7.31. The van der Waals surface area contributed by atoms with Gasteiger partial charge in [-0.1, -0.05) is 58.0 Å². The van der Waals surface area contributed by atoms with E-state index in [1.54, 1.807) is 0 Å². The van der Waals surface area contributed by atoms with E-state index < -0.39 is 0 Å². The zero-order valence-electron chi connectivity index (χ0n) is 12.6. The van der Waals surface area contributed by atoms with Crippen LogP contribution in [0.1, 0.15) is 46.1 Å². The molecule has 2 heteroatoms. The molecule has 0 bridgehead atoms. The standard InChI is InChI=1S/C11H11N.C6H15N/c12-9-11(6-7-11)8-10-4-2-1-3-5-10;1-5(2)7-6(3)4/h1-5H,6-8H2;5-7H,1-4H3. The Hall–Kier alpha value is -1.33. The molecule has 1 aliphatic rings. The Kier molecular flexibility index (Phi) is 6.05. The van der Waals surface area contributed by atoms with Gasteiger partial charge in [0, 0.05) is 12.1 Å². The maximum atomic E-state index is 8.87. The molecular weight excluding hydrogens is 232 g/mol. The molecule has 1 saturated carbocycles. The Labute approximate surface area is 117 Å². The Morgan fingerprint density at radius 1 is 1.11 bits per heavy atom. The van der Waals surface area contributed by atoms with Crippen LogP contribution in [0.15, 0.2) is 30.3 Å². The number of benzene rings is 1. The number of hydrogen-bond acceptors (Lipinski definition) is 2. The van der Waals surface area contributed by atoms with Gasteiger partial charge in [0.2, 0.25) is 0 Å². The highest BCUT2D eigenvalue weighted by Gasteiger charge is 2.42. The third-order valence-corrected chi connectivity index (χ3v) is 3.14. The molecule has 19 heavy (non-hydrogen) atoms. The summed E-state index contributed by atoms with van der Waals surface area (Å²) in [5.74, 6) is 0. The summed E-state index contributed by atoms with van der Waals surface area (Å²) in [6.45, 7) is 8.61. The molecule has 0 amide bonds. The van der Waals surface area contributed by atoms with Gasteiger partial charge in [0.05, 0.1) is 11.5 Å². The monoisotopic (exact) mass is 258 g/mol. The van der Waals surface area contributed by atoms with Crippen LogP contribution in [0, 0.1) is 16.7 Å². The number of nitrogens with zero attached hydrogens (tertiary/aromatic N) is 1. The third-order valence-electron chi connectivity index (χ3n) is 3.14. The van der Waals surface area contributed by atoms with Crippen LogP contribution in [0.2, 0.25) is 0 Å². The zero-order chi connectivity index (χ0) is 14.3. The highest BCUT2D eigenvalue weighted by atomic mass is 14.9. The molecule has 0 saturated heterocycles. The van der Waals surface area contributed by atoms with E-state index in [2.05, 4.69) is 51.2 Å². The molecule has 0 unspecified atom stereocenters. The van der Waals surface area contributed by atoms with Crippen molar-refractivity contribution < 1.29 is 0 Å². The van der Waals surface area contributed by atoms with E-state index in [0.29, 0.717) is 12.1 Å². The fraction of sp³-hybridized carbons (Fsp3) is 0.588. The number of hydrogen-bond donors (Lipinski definition) is 1. The lowest BCUT2D eigenvalue weighted by atomic mass is 9.98. The van der Waals surface area contributed by atoms with Crippen molar-refractivity contribution in [1.29, 1.82) is 5.26 Å². The summed E-state index contributed by atoms with van der Waals surface area (Å²) in [7, 11) is 0. The van der Waals surface area contributed by atoms with Gasteiger partial charge < -0.3 is 5.32 Å². The van der Waals surface area contributed by atoms with E-state index >= 15 is 0 Å². The van der Waals surface area contributed by atoms with Crippen LogP contribution in [-0.2, 0) is 6.42 Å². The fourth-order valence-corrected chi connectivity index (χ4v) is 2.13. The first-order valence-electron chi connectivity index (χ1n) is 7.19. The van der Waals surface area contributed by atoms with Gasteiger partial charge in [0.25, 0.3) is 0 Å². The predicted molar refractivity (Wildman–Crippen MR) is 80.8 cm³/mol. The van der Waals surface area contributed by atoms with Gasteiger partial charge in [-0.15, -0.1) is 0 Å². The molecule has 2 nitrogen and oxygen atoms in total. The van der Waals surface area contributed by atoms with Gasteiger partial charge in [-0.2, -0.15) is 5.26 Å². The number of nitriles is 1. The van der Waals surface area contributed by atoms with Crippen LogP contribution in [0.3, 0.4) is 0 Å². The largest absolute Gasteiger partial charge is 0.312 e. The molecule has 0 aromatic heterocycles. The van der Waals surface area contributed by atoms with Gasteiger partial charge in [-0.25, -0.2) is 0 Å². The Balaban J connectivity index is 0.000000224. The third kappa shape index (κ3) is 6.40. The topological polar surface area (TPSA) is 35.8 Å². The average molecular weight is 258 g/mol. The Morgan fingerprint density at radius 2 is 1.63 bits per heavy atom. The second-order valence-electron chi connectivity index (χ2n) is 6.03. The van der Waals surface area contributed by atoms with E-state index in [1.165, 1.54) is 5.56 Å². The van der Waals surface area contributed by atoms with E-state index in [1.807, 2.05) is 18.2 Å². The first-order valence-corrected chi connectivity index (χ1v) is 7.19. The smallest absolute Gasteiger partial charge is 0.0693 e. The van der Waals surface area contributed by atoms with E-state index in [4.69, 9.17) is 5.26 Å². The van der Waals surface area contributed by atoms with Gasteiger partial charge in [0.15, 0.2) is 0 Å². The van der Waals surface area contributed by atoms with Crippen LogP contribution in [-0.4, -0.2) is 12.1 Å². The normalized spacial score (nSPS) is 15.6. The molecule has 0 radical (unpaired) electrons. The van der Waals surface area contributed by atoms with Crippen LogP contribution >= 0.6 is 0 Å². The van der Waals surface area contributed by atoms with E-state index in [9.17, 15) is 0 Å². The molecule has 0 spiro atoms. The van der Waals surface area contributed by atoms with Crippen LogP contribution in [0.25, 0.3) is 0 Å². The van der Waals surface area contributed by atoms with Crippen molar-refractivity contribution in [3.05, 3.63) is 35.9 Å². The van der Waals surface area contributed by atoms with Crippen molar-refractivity contribution in [1.82, 2.24) is 5.32 Å². The van der Waals surface area contributed by atoms with E-state index in [-0.39, 0.29) is 5.41 Å². The molecule has 0 heterocycles. The molecule has 1 N–H and O–H groups in total. The van der Waals surface area contributed by atoms with Crippen molar-refractivity contribution >= 4 is 0 Å². The second-order valence-corrected chi connectivity index (χ2v) is 6.03. The quantitative estimate of drug-likeness (QED) is 0.888. The minimum Gasteiger partial charge on any atom is -0.312 e. The average Bonchev–Trinajstić information content (AvgIpc) is 3.10. The summed E-state index contributed by atoms with van der Waals surface area (Å²) in [5.41, 5.74) is 1.29. The van der Waals surface area contributed by atoms with Gasteiger partial charge in [0.1, 0.15) is 0 Å². The van der Waals surface area contributed by atoms with Crippen molar-refractivity contribution in [3.8, 4) is 6.07 Å². The molecule has 1 aromatic carbocycles. The Morgan fingerprint density at radius 3 is 1.95 bits per heavy atom. The first kappa shape index (κ1) is 15.7. The highest BCUT2D eigenvalue weighted by Crippen LogP contribution is 2.47. The number of rotatable bonds is 4. The summed E-state index contributed by atoms with van der Waals surface area (Å²) >= 11 is 0. The van der Waals surface area contributed by atoms with Crippen molar-refractivity contribution in [2.75, 3.05) is 0 Å². The van der Waals surface area contributed by atoms with Gasteiger partial charge >= 0.3 is 0 Å². The van der Waals surface area contributed by atoms with Crippen LogP contribution in [0.4, 0.5) is 0 Å². The SMILES string of the molecule is CC(C)NC(C)C.N#CC1(Cc2ccccc2)CC1. The molecule has 0 aliphatic heterocycles. The predicted octanol–water partition coefficient (Wildman–Crippen LogP) is 3.93. The molecule has 1 fully saturated rings. The minimum absolute atomic E-state index is 0.00134. The molecule has 104 valence electrons. The summed E-state index contributed by atoms with van der Waals surface area (Å²) in [6.07, 6.45) is 3.10. The lowest BCUT2D eigenvalue weighted by Crippen LogP contribution is -2.29. The summed E-state index contributed by atoms with van der Waals surface area (Å²) < 4.78 is 0. The summed E-state index contributed by atoms with van der Waals surface area (Å²) in [6, 6.07) is 13.9. The van der Waals surface area contributed by atoms with E-state index in [0.717, 1.165) is 19.3 Å². The molecular formula is C17H26N2. The zero-order valence-corrected chi connectivity index (χ0v) is 12.6. The number of nitrogens with one attached hydrogen (secondary N) is 1. The molecule has 2 rings (SSSR count). The Bertz CT molecular complexity index is 391. The van der Waals surface area contributed by atoms with Crippen molar-refractivity contribution in [2.24, 2.45) is 5.41 Å². The summed E-state index contributed by atoms with van der Waals surface area (Å²) in [5, 5.41) is 12.2. The van der Waals surface area contributed by atoms with Crippen molar-refractivity contribution in [3.63, 3.8) is 0 Å². The molecule has 0 atom stereocenters. The van der Waals surface area contributed by atoms with Gasteiger partial charge in [-0.3, -0.25) is 0 Å². The fourth-order valence-electron chi connectivity index (χ4n) is 2.13. The maximum Gasteiger partial charge on any atom is 0.0693 e. The van der Waals surface area contributed by atoms with Crippen LogP contribution in [0.5, 0.6) is 0 Å². The van der Waals surface area contributed by atoms with Crippen LogP contribution < -0.4 is 5.32 Å². The van der Waals surface area contributed by atoms with Crippen molar-refractivity contribution in [2.45, 2.75) is 59.0 Å². The van der Waals surface area contributed by atoms with Gasteiger partial charge in [-0.05, 0) is 24.8 Å². The first-order chi connectivity index (χ1) is 8.97.